The van der Waals surface area contributed by atoms with Crippen LogP contribution in [-0.2, 0) is 14.4 Å². The first-order valence-corrected chi connectivity index (χ1v) is 13.0. The second-order valence-electron chi connectivity index (χ2n) is 12.5. The van der Waals surface area contributed by atoms with Gasteiger partial charge in [-0.25, -0.2) is 0 Å². The Bertz CT molecular complexity index is 1070. The van der Waals surface area contributed by atoms with Crippen molar-refractivity contribution in [3.05, 3.63) is 47.1 Å². The predicted octanol–water partition coefficient (Wildman–Crippen LogP) is 4.96. The molecule has 3 aliphatic carbocycles. The molecule has 0 unspecified atom stereocenters. The Hall–Kier alpha value is -2.31. The van der Waals surface area contributed by atoms with Crippen LogP contribution in [0, 0.1) is 28.1 Å². The van der Waals surface area contributed by atoms with Gasteiger partial charge in [-0.1, -0.05) is 43.7 Å². The fourth-order valence-electron chi connectivity index (χ4n) is 7.47. The largest absolute Gasteiger partial charge is 0.481 e. The maximum absolute atomic E-state index is 13.4. The zero-order valence-corrected chi connectivity index (χ0v) is 22.7. The molecule has 6 heteroatoms. The van der Waals surface area contributed by atoms with Crippen LogP contribution in [0.2, 0.25) is 0 Å². The summed E-state index contributed by atoms with van der Waals surface area (Å²) in [5.74, 6) is -1.52. The molecule has 3 fully saturated rings. The highest BCUT2D eigenvalue weighted by Crippen LogP contribution is 2.69. The molecule has 0 saturated heterocycles. The molecule has 0 aromatic carbocycles. The van der Waals surface area contributed by atoms with E-state index in [-0.39, 0.29) is 23.4 Å². The fourth-order valence-corrected chi connectivity index (χ4v) is 7.47. The topological polar surface area (TPSA) is 112 Å². The van der Waals surface area contributed by atoms with Gasteiger partial charge in [-0.05, 0) is 83.6 Å². The third-order valence-corrected chi connectivity index (χ3v) is 9.49. The minimum absolute atomic E-state index is 0.0212. The highest BCUT2D eigenvalue weighted by atomic mass is 16.4. The minimum atomic E-state index is -1.25. The van der Waals surface area contributed by atoms with Gasteiger partial charge in [-0.3, -0.25) is 14.4 Å². The number of hydrogen-bond donors (Lipinski definition) is 3. The van der Waals surface area contributed by atoms with Gasteiger partial charge in [0.1, 0.15) is 0 Å². The van der Waals surface area contributed by atoms with E-state index in [2.05, 4.69) is 13.8 Å². The highest BCUT2D eigenvalue weighted by molar-refractivity contribution is 6.12. The van der Waals surface area contributed by atoms with Crippen LogP contribution in [0.3, 0.4) is 0 Å². The van der Waals surface area contributed by atoms with Crippen LogP contribution in [0.4, 0.5) is 0 Å². The summed E-state index contributed by atoms with van der Waals surface area (Å²) in [6.07, 6.45) is 10.1. The van der Waals surface area contributed by atoms with E-state index in [1.807, 2.05) is 6.92 Å². The molecule has 0 amide bonds. The normalized spacial score (nSPS) is 38.9. The zero-order valence-electron chi connectivity index (χ0n) is 22.7. The molecule has 0 aromatic heterocycles. The number of fused-ring (bicyclic) bond motifs is 3. The van der Waals surface area contributed by atoms with Crippen molar-refractivity contribution in [2.45, 2.75) is 92.3 Å². The quantitative estimate of drug-likeness (QED) is 0.353. The molecule has 3 aliphatic rings. The molecule has 3 N–H and O–H groups in total. The monoisotopic (exact) mass is 498 g/mol. The van der Waals surface area contributed by atoms with Crippen LogP contribution in [-0.4, -0.2) is 44.6 Å². The molecular formula is C30H42O6. The molecule has 198 valence electrons. The van der Waals surface area contributed by atoms with Crippen LogP contribution in [0.25, 0.3) is 0 Å². The Morgan fingerprint density at radius 3 is 2.25 bits per heavy atom. The summed E-state index contributed by atoms with van der Waals surface area (Å²) in [4.78, 5) is 38.8. The number of carboxylic acids is 1. The molecule has 3 saturated carbocycles. The van der Waals surface area contributed by atoms with Crippen molar-refractivity contribution in [3.63, 3.8) is 0 Å². The number of carboxylic acid groups (broad SMARTS) is 1. The van der Waals surface area contributed by atoms with Crippen molar-refractivity contribution in [3.8, 4) is 0 Å². The van der Waals surface area contributed by atoms with Gasteiger partial charge in [-0.2, -0.15) is 0 Å². The molecular weight excluding hydrogens is 456 g/mol. The molecule has 0 spiro atoms. The van der Waals surface area contributed by atoms with Crippen molar-refractivity contribution >= 4 is 17.5 Å². The number of carbonyl (C=O) groups excluding carboxylic acids is 2. The lowest BCUT2D eigenvalue weighted by Gasteiger charge is -2.61. The van der Waals surface area contributed by atoms with Crippen LogP contribution >= 0.6 is 0 Å². The Kier molecular flexibility index (Phi) is 7.48. The van der Waals surface area contributed by atoms with Crippen LogP contribution in [0.1, 0.15) is 80.6 Å². The summed E-state index contributed by atoms with van der Waals surface area (Å²) in [5, 5.41) is 30.5. The number of carbonyl (C=O) groups is 3. The average Bonchev–Trinajstić information content (AvgIpc) is 3.04. The Labute approximate surface area is 214 Å². The molecule has 0 bridgehead atoms. The summed E-state index contributed by atoms with van der Waals surface area (Å²) in [7, 11) is 0. The summed E-state index contributed by atoms with van der Waals surface area (Å²) in [6.45, 7) is 12.8. The van der Waals surface area contributed by atoms with Crippen LogP contribution < -0.4 is 0 Å². The first-order valence-electron chi connectivity index (χ1n) is 13.0. The molecule has 0 heterocycles. The van der Waals surface area contributed by atoms with Gasteiger partial charge < -0.3 is 15.3 Å². The Morgan fingerprint density at radius 1 is 1.03 bits per heavy atom. The third-order valence-electron chi connectivity index (χ3n) is 9.49. The maximum Gasteiger partial charge on any atom is 0.312 e. The fraction of sp³-hybridized carbons (Fsp3) is 0.633. The SMILES string of the molecule is CC(C(=O)/C=C/C(C)=C/C=C/C(C)(C)O)=C1C(=O)C[C@H]2[C@@]3(C)CC[C@@H](O)[C@](C)(C(=O)O)[C@@H]3CC[C@]12C. The summed E-state index contributed by atoms with van der Waals surface area (Å²) >= 11 is 0. The summed E-state index contributed by atoms with van der Waals surface area (Å²) in [6, 6.07) is 0. The van der Waals surface area contributed by atoms with E-state index in [9.17, 15) is 29.7 Å². The van der Waals surface area contributed by atoms with E-state index in [1.165, 1.54) is 6.08 Å². The maximum atomic E-state index is 13.4. The van der Waals surface area contributed by atoms with Crippen molar-refractivity contribution in [2.75, 3.05) is 0 Å². The number of aliphatic hydroxyl groups excluding tert-OH is 1. The van der Waals surface area contributed by atoms with Crippen molar-refractivity contribution in [1.29, 1.82) is 0 Å². The van der Waals surface area contributed by atoms with Gasteiger partial charge in [-0.15, -0.1) is 0 Å². The van der Waals surface area contributed by atoms with Gasteiger partial charge in [0.15, 0.2) is 11.6 Å². The number of ketones is 2. The number of allylic oxidation sites excluding steroid dienone is 7. The number of aliphatic hydroxyl groups is 2. The zero-order chi connectivity index (χ0) is 27.3. The summed E-state index contributed by atoms with van der Waals surface area (Å²) in [5.41, 5.74) is -1.19. The number of rotatable bonds is 6. The molecule has 0 radical (unpaired) electrons. The Morgan fingerprint density at radius 2 is 1.67 bits per heavy atom. The number of hydrogen-bond acceptors (Lipinski definition) is 5. The molecule has 6 atom stereocenters. The third kappa shape index (κ3) is 4.70. The standard InChI is InChI=1S/C30H42O6/c1-18(9-8-14-27(3,4)36)10-11-20(31)19(2)25-21(32)17-23-28(5)16-13-24(33)30(7,26(34)35)22(28)12-15-29(23,25)6/h8-11,14,22-24,33,36H,12-13,15-17H2,1-7H3,(H,34,35)/b11-10+,14-8+,18-9+,25-19?/t22-,23+,24-,28+,29+,30-/m1/s1. The first-order chi connectivity index (χ1) is 16.5. The first kappa shape index (κ1) is 28.3. The van der Waals surface area contributed by atoms with E-state index in [1.54, 1.807) is 52.0 Å². The smallest absolute Gasteiger partial charge is 0.312 e. The second kappa shape index (κ2) is 9.53. The van der Waals surface area contributed by atoms with Gasteiger partial charge in [0.2, 0.25) is 0 Å². The predicted molar refractivity (Wildman–Crippen MR) is 139 cm³/mol. The Balaban J connectivity index is 1.93. The molecule has 0 aromatic rings. The second-order valence-corrected chi connectivity index (χ2v) is 12.5. The van der Waals surface area contributed by atoms with Crippen molar-refractivity contribution in [1.82, 2.24) is 0 Å². The van der Waals surface area contributed by atoms with E-state index < -0.39 is 33.9 Å². The van der Waals surface area contributed by atoms with Gasteiger partial charge in [0.25, 0.3) is 0 Å². The van der Waals surface area contributed by atoms with E-state index >= 15 is 0 Å². The van der Waals surface area contributed by atoms with Gasteiger partial charge in [0, 0.05) is 23.0 Å². The van der Waals surface area contributed by atoms with E-state index in [0.29, 0.717) is 43.3 Å². The average molecular weight is 499 g/mol. The molecule has 36 heavy (non-hydrogen) atoms. The summed E-state index contributed by atoms with van der Waals surface area (Å²) < 4.78 is 0. The van der Waals surface area contributed by atoms with Crippen LogP contribution in [0.5, 0.6) is 0 Å². The molecule has 0 aliphatic heterocycles. The van der Waals surface area contributed by atoms with E-state index in [4.69, 9.17) is 0 Å². The van der Waals surface area contributed by atoms with Gasteiger partial charge >= 0.3 is 5.97 Å². The van der Waals surface area contributed by atoms with Crippen molar-refractivity contribution < 1.29 is 29.7 Å². The van der Waals surface area contributed by atoms with Crippen molar-refractivity contribution in [2.24, 2.45) is 28.1 Å². The lowest BCUT2D eigenvalue weighted by molar-refractivity contribution is -0.194. The lowest BCUT2D eigenvalue weighted by atomic mass is 9.42. The van der Waals surface area contributed by atoms with Gasteiger partial charge in [0.05, 0.1) is 17.1 Å². The molecule has 3 rings (SSSR count). The van der Waals surface area contributed by atoms with Crippen LogP contribution in [0.15, 0.2) is 47.1 Å². The number of Topliss-reactive ketones (excluding diaryl/α,β-unsaturated/α-hetero) is 1. The highest BCUT2D eigenvalue weighted by Gasteiger charge is 2.67. The minimum Gasteiger partial charge on any atom is -0.481 e. The molecule has 6 nitrogen and oxygen atoms in total. The lowest BCUT2D eigenvalue weighted by Crippen LogP contribution is -2.61. The number of aliphatic carboxylic acids is 1. The van der Waals surface area contributed by atoms with E-state index in [0.717, 1.165) is 5.57 Å².